The molecule has 1 aromatic heterocycles. The van der Waals surface area contributed by atoms with Crippen molar-refractivity contribution in [2.75, 3.05) is 13.1 Å². The molecule has 1 aliphatic rings. The predicted octanol–water partition coefficient (Wildman–Crippen LogP) is 3.99. The molecule has 0 aliphatic heterocycles. The van der Waals surface area contributed by atoms with Crippen molar-refractivity contribution in [1.29, 1.82) is 0 Å². The van der Waals surface area contributed by atoms with Gasteiger partial charge in [0.1, 0.15) is 10.7 Å². The molecule has 0 radical (unpaired) electrons. The highest BCUT2D eigenvalue weighted by atomic mass is 32.1. The van der Waals surface area contributed by atoms with E-state index in [0.717, 1.165) is 62.9 Å². The van der Waals surface area contributed by atoms with E-state index in [2.05, 4.69) is 24.1 Å². The molecule has 0 aromatic carbocycles. The minimum absolute atomic E-state index is 0.113. The van der Waals surface area contributed by atoms with Crippen molar-refractivity contribution in [3.8, 4) is 0 Å². The van der Waals surface area contributed by atoms with Gasteiger partial charge in [-0.05, 0) is 25.7 Å². The van der Waals surface area contributed by atoms with Gasteiger partial charge in [0.2, 0.25) is 5.91 Å². The molecule has 1 fully saturated rings. The number of thiazole rings is 1. The SMILES string of the molecule is CCCCNC(=O)c1csc(CN(CCCC)C(=O)C2CCCC2)n1. The quantitative estimate of drug-likeness (QED) is 0.638. The van der Waals surface area contributed by atoms with Gasteiger partial charge < -0.3 is 10.2 Å². The molecule has 140 valence electrons. The minimum Gasteiger partial charge on any atom is -0.351 e. The Hall–Kier alpha value is -1.43. The van der Waals surface area contributed by atoms with Gasteiger partial charge in [-0.1, -0.05) is 39.5 Å². The number of rotatable bonds is 10. The second kappa shape index (κ2) is 10.5. The third-order valence-electron chi connectivity index (χ3n) is 4.72. The van der Waals surface area contributed by atoms with Crippen molar-refractivity contribution in [2.24, 2.45) is 5.92 Å². The van der Waals surface area contributed by atoms with Gasteiger partial charge in [-0.3, -0.25) is 9.59 Å². The van der Waals surface area contributed by atoms with E-state index in [-0.39, 0.29) is 17.7 Å². The summed E-state index contributed by atoms with van der Waals surface area (Å²) >= 11 is 1.47. The summed E-state index contributed by atoms with van der Waals surface area (Å²) in [6, 6.07) is 0. The van der Waals surface area contributed by atoms with Crippen LogP contribution in [-0.2, 0) is 11.3 Å². The number of amides is 2. The number of carbonyl (C=O) groups is 2. The van der Waals surface area contributed by atoms with E-state index in [9.17, 15) is 9.59 Å². The summed E-state index contributed by atoms with van der Waals surface area (Å²) < 4.78 is 0. The molecule has 0 bridgehead atoms. The first-order chi connectivity index (χ1) is 12.2. The van der Waals surface area contributed by atoms with Crippen LogP contribution in [0.4, 0.5) is 0 Å². The average Bonchev–Trinajstić information content (AvgIpc) is 3.30. The van der Waals surface area contributed by atoms with Crippen LogP contribution in [0.3, 0.4) is 0 Å². The maximum Gasteiger partial charge on any atom is 0.270 e. The summed E-state index contributed by atoms with van der Waals surface area (Å²) in [5, 5.41) is 5.54. The van der Waals surface area contributed by atoms with Gasteiger partial charge in [0.15, 0.2) is 0 Å². The first-order valence-corrected chi connectivity index (χ1v) is 10.5. The predicted molar refractivity (Wildman–Crippen MR) is 102 cm³/mol. The highest BCUT2D eigenvalue weighted by Crippen LogP contribution is 2.27. The molecule has 5 nitrogen and oxygen atoms in total. The second-order valence-electron chi connectivity index (χ2n) is 6.83. The third-order valence-corrected chi connectivity index (χ3v) is 5.56. The van der Waals surface area contributed by atoms with Gasteiger partial charge >= 0.3 is 0 Å². The standard InChI is InChI=1S/C19H31N3O2S/c1-3-5-11-20-18(23)16-14-25-17(21-16)13-22(12-6-4-2)19(24)15-9-7-8-10-15/h14-15H,3-13H2,1-2H3,(H,20,23). The summed E-state index contributed by atoms with van der Waals surface area (Å²) in [7, 11) is 0. The summed E-state index contributed by atoms with van der Waals surface area (Å²) in [5.74, 6) is 0.349. The molecule has 2 rings (SSSR count). The van der Waals surface area contributed by atoms with Gasteiger partial charge in [0, 0.05) is 24.4 Å². The Bertz CT molecular complexity index is 553. The largest absolute Gasteiger partial charge is 0.351 e. The first kappa shape index (κ1) is 19.9. The highest BCUT2D eigenvalue weighted by molar-refractivity contribution is 7.09. The summed E-state index contributed by atoms with van der Waals surface area (Å²) in [4.78, 5) is 31.3. The number of nitrogens with one attached hydrogen (secondary N) is 1. The molecule has 1 aromatic rings. The number of unbranched alkanes of at least 4 members (excludes halogenated alkanes) is 2. The van der Waals surface area contributed by atoms with Crippen LogP contribution in [0.2, 0.25) is 0 Å². The van der Waals surface area contributed by atoms with Gasteiger partial charge in [0.05, 0.1) is 6.54 Å². The Morgan fingerprint density at radius 2 is 1.96 bits per heavy atom. The van der Waals surface area contributed by atoms with Crippen molar-refractivity contribution in [2.45, 2.75) is 71.8 Å². The maximum absolute atomic E-state index is 12.8. The van der Waals surface area contributed by atoms with Crippen molar-refractivity contribution in [1.82, 2.24) is 15.2 Å². The minimum atomic E-state index is -0.113. The molecule has 25 heavy (non-hydrogen) atoms. The number of nitrogens with zero attached hydrogens (tertiary/aromatic N) is 2. The Labute approximate surface area is 155 Å². The van der Waals surface area contributed by atoms with Crippen LogP contribution < -0.4 is 5.32 Å². The zero-order valence-corrected chi connectivity index (χ0v) is 16.4. The molecule has 0 saturated heterocycles. The van der Waals surface area contributed by atoms with E-state index >= 15 is 0 Å². The number of carbonyl (C=O) groups excluding carboxylic acids is 2. The van der Waals surface area contributed by atoms with Crippen LogP contribution in [0.15, 0.2) is 5.38 Å². The number of hydrogen-bond donors (Lipinski definition) is 1. The fourth-order valence-electron chi connectivity index (χ4n) is 3.17. The molecule has 6 heteroatoms. The topological polar surface area (TPSA) is 62.3 Å². The van der Waals surface area contributed by atoms with E-state index in [1.54, 1.807) is 5.38 Å². The second-order valence-corrected chi connectivity index (χ2v) is 7.77. The lowest BCUT2D eigenvalue weighted by Crippen LogP contribution is -2.35. The lowest BCUT2D eigenvalue weighted by molar-refractivity contribution is -0.136. The van der Waals surface area contributed by atoms with E-state index in [1.165, 1.54) is 11.3 Å². The van der Waals surface area contributed by atoms with Crippen LogP contribution in [0.5, 0.6) is 0 Å². The van der Waals surface area contributed by atoms with Crippen LogP contribution >= 0.6 is 11.3 Å². The molecule has 1 N–H and O–H groups in total. The monoisotopic (exact) mass is 365 g/mol. The van der Waals surface area contributed by atoms with E-state index < -0.39 is 0 Å². The fraction of sp³-hybridized carbons (Fsp3) is 0.737. The molecule has 0 unspecified atom stereocenters. The Morgan fingerprint density at radius 3 is 2.64 bits per heavy atom. The summed E-state index contributed by atoms with van der Waals surface area (Å²) in [6.45, 7) is 6.23. The molecular weight excluding hydrogens is 334 g/mol. The number of aromatic nitrogens is 1. The average molecular weight is 366 g/mol. The smallest absolute Gasteiger partial charge is 0.270 e. The number of hydrogen-bond acceptors (Lipinski definition) is 4. The van der Waals surface area contributed by atoms with Gasteiger partial charge in [-0.2, -0.15) is 0 Å². The first-order valence-electron chi connectivity index (χ1n) is 9.67. The highest BCUT2D eigenvalue weighted by Gasteiger charge is 2.27. The zero-order chi connectivity index (χ0) is 18.1. The van der Waals surface area contributed by atoms with Crippen LogP contribution in [0, 0.1) is 5.92 Å². The van der Waals surface area contributed by atoms with E-state index in [1.807, 2.05) is 4.90 Å². The summed E-state index contributed by atoms with van der Waals surface area (Å²) in [5.41, 5.74) is 0.472. The van der Waals surface area contributed by atoms with Crippen LogP contribution in [0.1, 0.15) is 80.7 Å². The fourth-order valence-corrected chi connectivity index (χ4v) is 3.96. The third kappa shape index (κ3) is 6.10. The summed E-state index contributed by atoms with van der Waals surface area (Å²) in [6.07, 6.45) is 8.47. The van der Waals surface area contributed by atoms with Crippen molar-refractivity contribution >= 4 is 23.2 Å². The Balaban J connectivity index is 1.95. The van der Waals surface area contributed by atoms with Crippen molar-refractivity contribution in [3.63, 3.8) is 0 Å². The van der Waals surface area contributed by atoms with Crippen molar-refractivity contribution in [3.05, 3.63) is 16.1 Å². The van der Waals surface area contributed by atoms with E-state index in [4.69, 9.17) is 0 Å². The molecule has 2 amide bonds. The molecule has 0 atom stereocenters. The molecule has 1 saturated carbocycles. The molecule has 1 aliphatic carbocycles. The molecular formula is C19H31N3O2S. The lowest BCUT2D eigenvalue weighted by Gasteiger charge is -2.24. The zero-order valence-electron chi connectivity index (χ0n) is 15.6. The normalized spacial score (nSPS) is 14.6. The van der Waals surface area contributed by atoms with Gasteiger partial charge in [0.25, 0.3) is 5.91 Å². The Kier molecular flexibility index (Phi) is 8.38. The Morgan fingerprint density at radius 1 is 1.24 bits per heavy atom. The lowest BCUT2D eigenvalue weighted by atomic mass is 10.1. The molecule has 1 heterocycles. The van der Waals surface area contributed by atoms with Gasteiger partial charge in [-0.25, -0.2) is 4.98 Å². The van der Waals surface area contributed by atoms with Crippen LogP contribution in [0.25, 0.3) is 0 Å². The van der Waals surface area contributed by atoms with Gasteiger partial charge in [-0.15, -0.1) is 11.3 Å². The van der Waals surface area contributed by atoms with E-state index in [0.29, 0.717) is 18.8 Å². The molecule has 0 spiro atoms. The van der Waals surface area contributed by atoms with Crippen LogP contribution in [-0.4, -0.2) is 34.8 Å². The maximum atomic E-state index is 12.8. The van der Waals surface area contributed by atoms with Crippen molar-refractivity contribution < 1.29 is 9.59 Å².